The number of amides is 1. The van der Waals surface area contributed by atoms with Crippen molar-refractivity contribution >= 4 is 5.91 Å². The van der Waals surface area contributed by atoms with Gasteiger partial charge in [-0.1, -0.05) is 0 Å². The molecule has 0 bridgehead atoms. The molecule has 0 saturated carbocycles. The van der Waals surface area contributed by atoms with E-state index in [1.54, 1.807) is 0 Å². The van der Waals surface area contributed by atoms with Crippen LogP contribution in [0.1, 0.15) is 6.92 Å². The summed E-state index contributed by atoms with van der Waals surface area (Å²) in [5, 5.41) is 0. The van der Waals surface area contributed by atoms with E-state index in [-0.39, 0.29) is 12.0 Å². The predicted octanol–water partition coefficient (Wildman–Crippen LogP) is -1.19. The number of rotatable bonds is 3. The molecule has 0 spiro atoms. The molecular weight excluding hydrogens is 244 g/mol. The molecule has 2 aliphatic rings. The van der Waals surface area contributed by atoms with Gasteiger partial charge in [0.05, 0.1) is 19.3 Å². The van der Waals surface area contributed by atoms with E-state index in [0.717, 1.165) is 19.6 Å². The molecule has 110 valence electrons. The van der Waals surface area contributed by atoms with Crippen molar-refractivity contribution in [2.45, 2.75) is 19.1 Å². The maximum atomic E-state index is 12.3. The molecule has 2 unspecified atom stereocenters. The molecule has 2 fully saturated rings. The van der Waals surface area contributed by atoms with Crippen LogP contribution in [0.15, 0.2) is 0 Å². The number of hydrogen-bond donors (Lipinski definition) is 1. The molecule has 0 aromatic carbocycles. The average Bonchev–Trinajstić information content (AvgIpc) is 2.40. The normalized spacial score (nSPS) is 30.6. The Hall–Kier alpha value is -0.690. The summed E-state index contributed by atoms with van der Waals surface area (Å²) in [4.78, 5) is 18.7. The van der Waals surface area contributed by atoms with Crippen molar-refractivity contribution < 1.29 is 9.53 Å². The van der Waals surface area contributed by atoms with Crippen LogP contribution < -0.4 is 5.73 Å². The van der Waals surface area contributed by atoms with Gasteiger partial charge < -0.3 is 20.3 Å². The quantitative estimate of drug-likeness (QED) is 0.699. The number of nitrogens with zero attached hydrogens (tertiary/aromatic N) is 3. The van der Waals surface area contributed by atoms with E-state index < -0.39 is 0 Å². The van der Waals surface area contributed by atoms with E-state index in [0.29, 0.717) is 38.8 Å². The molecule has 1 amide bonds. The molecule has 2 aliphatic heterocycles. The molecule has 0 radical (unpaired) electrons. The summed E-state index contributed by atoms with van der Waals surface area (Å²) < 4.78 is 5.47. The van der Waals surface area contributed by atoms with Gasteiger partial charge in [0, 0.05) is 45.3 Å². The molecule has 0 aromatic heterocycles. The van der Waals surface area contributed by atoms with Crippen LogP contribution >= 0.6 is 0 Å². The summed E-state index contributed by atoms with van der Waals surface area (Å²) in [6.07, 6.45) is 0.149. The van der Waals surface area contributed by atoms with Crippen LogP contribution in [0.2, 0.25) is 0 Å². The first-order valence-corrected chi connectivity index (χ1v) is 7.12. The third kappa shape index (κ3) is 3.89. The summed E-state index contributed by atoms with van der Waals surface area (Å²) in [7, 11) is 2.10. The van der Waals surface area contributed by atoms with Crippen molar-refractivity contribution in [1.29, 1.82) is 0 Å². The molecule has 0 aromatic rings. The van der Waals surface area contributed by atoms with Gasteiger partial charge in [-0.3, -0.25) is 9.69 Å². The molecule has 0 aliphatic carbocycles. The number of hydrogen-bond acceptors (Lipinski definition) is 5. The predicted molar refractivity (Wildman–Crippen MR) is 73.9 cm³/mol. The highest BCUT2D eigenvalue weighted by atomic mass is 16.5. The van der Waals surface area contributed by atoms with Gasteiger partial charge in [0.1, 0.15) is 0 Å². The van der Waals surface area contributed by atoms with Crippen LogP contribution in [0.3, 0.4) is 0 Å². The molecule has 2 saturated heterocycles. The first kappa shape index (κ1) is 14.7. The Morgan fingerprint density at radius 2 is 2.11 bits per heavy atom. The van der Waals surface area contributed by atoms with E-state index >= 15 is 0 Å². The van der Waals surface area contributed by atoms with E-state index in [2.05, 4.69) is 16.8 Å². The lowest BCUT2D eigenvalue weighted by atomic mass is 10.1. The third-order valence-corrected chi connectivity index (χ3v) is 4.01. The lowest BCUT2D eigenvalue weighted by Gasteiger charge is -2.40. The van der Waals surface area contributed by atoms with E-state index in [1.165, 1.54) is 0 Å². The number of nitrogens with two attached hydrogens (primary N) is 1. The van der Waals surface area contributed by atoms with Gasteiger partial charge in [0.15, 0.2) is 0 Å². The zero-order chi connectivity index (χ0) is 13.8. The lowest BCUT2D eigenvalue weighted by Crippen LogP contribution is -2.58. The zero-order valence-corrected chi connectivity index (χ0v) is 12.0. The molecule has 6 nitrogen and oxygen atoms in total. The molecule has 2 rings (SSSR count). The summed E-state index contributed by atoms with van der Waals surface area (Å²) in [6.45, 7) is 8.05. The maximum Gasteiger partial charge on any atom is 0.236 e. The standard InChI is InChI=1S/C13H26N4O2/c1-11-8-17(5-6-19-11)13(18)10-16-4-3-15(2)9-12(16)7-14/h11-12H,3-10,14H2,1-2H3. The van der Waals surface area contributed by atoms with Crippen molar-refractivity contribution in [2.24, 2.45) is 5.73 Å². The fraction of sp³-hybridized carbons (Fsp3) is 0.923. The van der Waals surface area contributed by atoms with Crippen molar-refractivity contribution in [3.63, 3.8) is 0 Å². The van der Waals surface area contributed by atoms with Crippen LogP contribution in [-0.4, -0.2) is 92.2 Å². The Balaban J connectivity index is 1.86. The van der Waals surface area contributed by atoms with Gasteiger partial charge >= 0.3 is 0 Å². The number of carbonyl (C=O) groups excluding carboxylic acids is 1. The average molecular weight is 270 g/mol. The molecule has 2 heterocycles. The number of morpholine rings is 1. The number of ether oxygens (including phenoxy) is 1. The first-order chi connectivity index (χ1) is 9.10. The van der Waals surface area contributed by atoms with E-state index in [9.17, 15) is 4.79 Å². The maximum absolute atomic E-state index is 12.3. The van der Waals surface area contributed by atoms with Crippen molar-refractivity contribution in [1.82, 2.24) is 14.7 Å². The minimum atomic E-state index is 0.149. The van der Waals surface area contributed by atoms with E-state index in [4.69, 9.17) is 10.5 Å². The molecule has 6 heteroatoms. The van der Waals surface area contributed by atoms with Crippen molar-refractivity contribution in [3.05, 3.63) is 0 Å². The Morgan fingerprint density at radius 3 is 2.79 bits per heavy atom. The largest absolute Gasteiger partial charge is 0.375 e. The van der Waals surface area contributed by atoms with Gasteiger partial charge in [0.2, 0.25) is 5.91 Å². The fourth-order valence-corrected chi connectivity index (χ4v) is 2.80. The Bertz CT molecular complexity index is 313. The van der Waals surface area contributed by atoms with Gasteiger partial charge in [0.25, 0.3) is 0 Å². The Labute approximate surface area is 115 Å². The van der Waals surface area contributed by atoms with Crippen molar-refractivity contribution in [2.75, 3.05) is 59.5 Å². The second-order valence-electron chi connectivity index (χ2n) is 5.64. The molecule has 2 atom stereocenters. The highest BCUT2D eigenvalue weighted by molar-refractivity contribution is 5.78. The monoisotopic (exact) mass is 270 g/mol. The highest BCUT2D eigenvalue weighted by Crippen LogP contribution is 2.10. The minimum absolute atomic E-state index is 0.149. The smallest absolute Gasteiger partial charge is 0.236 e. The minimum Gasteiger partial charge on any atom is -0.375 e. The summed E-state index contributed by atoms with van der Waals surface area (Å²) in [6, 6.07) is 0.293. The lowest BCUT2D eigenvalue weighted by molar-refractivity contribution is -0.140. The van der Waals surface area contributed by atoms with Gasteiger partial charge in [-0.05, 0) is 14.0 Å². The van der Waals surface area contributed by atoms with Crippen molar-refractivity contribution in [3.8, 4) is 0 Å². The van der Waals surface area contributed by atoms with Gasteiger partial charge in [-0.15, -0.1) is 0 Å². The first-order valence-electron chi connectivity index (χ1n) is 7.12. The van der Waals surface area contributed by atoms with Crippen LogP contribution in [0.4, 0.5) is 0 Å². The van der Waals surface area contributed by atoms with Gasteiger partial charge in [-0.2, -0.15) is 0 Å². The second-order valence-corrected chi connectivity index (χ2v) is 5.64. The number of carbonyl (C=O) groups is 1. The summed E-state index contributed by atoms with van der Waals surface area (Å²) in [5.41, 5.74) is 5.82. The molecule has 19 heavy (non-hydrogen) atoms. The van der Waals surface area contributed by atoms with Crippen LogP contribution in [0, 0.1) is 0 Å². The Kier molecular flexibility index (Phi) is 5.15. The summed E-state index contributed by atoms with van der Waals surface area (Å²) in [5.74, 6) is 0.207. The third-order valence-electron chi connectivity index (χ3n) is 4.01. The molecule has 2 N–H and O–H groups in total. The highest BCUT2D eigenvalue weighted by Gasteiger charge is 2.28. The SMILES string of the molecule is CC1CN(C(=O)CN2CCN(C)CC2CN)CCO1. The summed E-state index contributed by atoms with van der Waals surface area (Å²) >= 11 is 0. The topological polar surface area (TPSA) is 62.0 Å². The fourth-order valence-electron chi connectivity index (χ4n) is 2.80. The van der Waals surface area contributed by atoms with Crippen LogP contribution in [0.5, 0.6) is 0 Å². The molecular formula is C13H26N4O2. The van der Waals surface area contributed by atoms with Gasteiger partial charge in [-0.25, -0.2) is 0 Å². The second kappa shape index (κ2) is 6.65. The number of likely N-dealkylation sites (N-methyl/N-ethyl adjacent to an activating group) is 1. The van der Waals surface area contributed by atoms with Crippen LogP contribution in [0.25, 0.3) is 0 Å². The Morgan fingerprint density at radius 1 is 1.32 bits per heavy atom. The van der Waals surface area contributed by atoms with Crippen LogP contribution in [-0.2, 0) is 9.53 Å². The van der Waals surface area contributed by atoms with E-state index in [1.807, 2.05) is 11.8 Å². The number of piperazine rings is 1. The zero-order valence-electron chi connectivity index (χ0n) is 12.0.